The molecule has 0 bridgehead atoms. The third kappa shape index (κ3) is 5.31. The minimum Gasteiger partial charge on any atom is -0.478 e. The van der Waals surface area contributed by atoms with Gasteiger partial charge in [0.2, 0.25) is 5.91 Å². The van der Waals surface area contributed by atoms with Crippen molar-refractivity contribution in [2.24, 2.45) is 0 Å². The minimum absolute atomic E-state index is 0.109. The maximum Gasteiger partial charge on any atom is 0.337 e. The van der Waals surface area contributed by atoms with Crippen LogP contribution in [0.15, 0.2) is 18.2 Å². The van der Waals surface area contributed by atoms with Gasteiger partial charge in [0, 0.05) is 32.1 Å². The molecule has 0 aliphatic carbocycles. The lowest BCUT2D eigenvalue weighted by molar-refractivity contribution is -0.128. The Labute approximate surface area is 126 Å². The fourth-order valence-electron chi connectivity index (χ4n) is 1.48. The Morgan fingerprint density at radius 3 is 2.52 bits per heavy atom. The van der Waals surface area contributed by atoms with Gasteiger partial charge in [0.25, 0.3) is 0 Å². The molecular formula is C13H16ClN3O4. The zero-order chi connectivity index (χ0) is 16.0. The number of anilines is 1. The monoisotopic (exact) mass is 313 g/mol. The van der Waals surface area contributed by atoms with Crippen LogP contribution in [-0.2, 0) is 4.79 Å². The molecular weight excluding hydrogens is 298 g/mol. The number of rotatable bonds is 5. The van der Waals surface area contributed by atoms with Crippen molar-refractivity contribution in [2.75, 3.05) is 26.0 Å². The Balaban J connectivity index is 2.59. The van der Waals surface area contributed by atoms with E-state index in [1.807, 2.05) is 0 Å². The standard InChI is InChI=1S/C13H16ClN3O4/c1-17(2)11(18)5-6-15-13(21)16-10-4-3-8(14)7-9(10)12(19)20/h3-4,7H,5-6H2,1-2H3,(H,19,20)(H2,15,16,21). The molecule has 1 aromatic rings. The van der Waals surface area contributed by atoms with Crippen molar-refractivity contribution in [3.05, 3.63) is 28.8 Å². The Morgan fingerprint density at radius 2 is 1.95 bits per heavy atom. The molecule has 0 saturated heterocycles. The van der Waals surface area contributed by atoms with E-state index >= 15 is 0 Å². The molecule has 0 heterocycles. The fraction of sp³-hybridized carbons (Fsp3) is 0.308. The second-order valence-electron chi connectivity index (χ2n) is 4.41. The first-order valence-electron chi connectivity index (χ1n) is 6.09. The van der Waals surface area contributed by atoms with E-state index in [1.165, 1.54) is 23.1 Å². The van der Waals surface area contributed by atoms with Crippen molar-refractivity contribution in [1.82, 2.24) is 10.2 Å². The van der Waals surface area contributed by atoms with Crippen LogP contribution >= 0.6 is 11.6 Å². The van der Waals surface area contributed by atoms with Crippen molar-refractivity contribution < 1.29 is 19.5 Å². The maximum absolute atomic E-state index is 11.7. The summed E-state index contributed by atoms with van der Waals surface area (Å²) in [6, 6.07) is 3.52. The third-order valence-corrected chi connectivity index (χ3v) is 2.82. The molecule has 3 amide bonds. The molecule has 0 atom stereocenters. The number of nitrogens with zero attached hydrogens (tertiary/aromatic N) is 1. The number of benzene rings is 1. The van der Waals surface area contributed by atoms with Crippen molar-refractivity contribution >= 4 is 35.2 Å². The number of hydrogen-bond donors (Lipinski definition) is 3. The van der Waals surface area contributed by atoms with Crippen LogP contribution in [0.4, 0.5) is 10.5 Å². The van der Waals surface area contributed by atoms with E-state index in [9.17, 15) is 14.4 Å². The van der Waals surface area contributed by atoms with Gasteiger partial charge in [-0.25, -0.2) is 9.59 Å². The minimum atomic E-state index is -1.20. The van der Waals surface area contributed by atoms with E-state index in [2.05, 4.69) is 10.6 Å². The summed E-state index contributed by atoms with van der Waals surface area (Å²) in [4.78, 5) is 35.4. The SMILES string of the molecule is CN(C)C(=O)CCNC(=O)Nc1ccc(Cl)cc1C(=O)O. The van der Waals surface area contributed by atoms with Crippen LogP contribution in [0.2, 0.25) is 5.02 Å². The average molecular weight is 314 g/mol. The van der Waals surface area contributed by atoms with E-state index in [4.69, 9.17) is 16.7 Å². The number of carboxylic acids is 1. The second kappa shape index (κ2) is 7.49. The van der Waals surface area contributed by atoms with E-state index in [0.29, 0.717) is 0 Å². The summed E-state index contributed by atoms with van der Waals surface area (Å²) in [5.41, 5.74) is 0.0188. The summed E-state index contributed by atoms with van der Waals surface area (Å²) in [7, 11) is 3.24. The Hall–Kier alpha value is -2.28. The first-order chi connectivity index (χ1) is 9.81. The smallest absolute Gasteiger partial charge is 0.337 e. The van der Waals surface area contributed by atoms with E-state index in [0.717, 1.165) is 0 Å². The number of urea groups is 1. The molecule has 3 N–H and O–H groups in total. The van der Waals surface area contributed by atoms with Crippen LogP contribution < -0.4 is 10.6 Å². The highest BCUT2D eigenvalue weighted by Gasteiger charge is 2.13. The number of halogens is 1. The van der Waals surface area contributed by atoms with Crippen LogP contribution in [-0.4, -0.2) is 48.6 Å². The summed E-state index contributed by atoms with van der Waals surface area (Å²) in [6.45, 7) is 0.152. The van der Waals surface area contributed by atoms with Crippen LogP contribution in [0, 0.1) is 0 Å². The zero-order valence-electron chi connectivity index (χ0n) is 11.6. The number of aromatic carboxylic acids is 1. The van der Waals surface area contributed by atoms with Gasteiger partial charge in [0.15, 0.2) is 0 Å². The zero-order valence-corrected chi connectivity index (χ0v) is 12.4. The Morgan fingerprint density at radius 1 is 1.29 bits per heavy atom. The van der Waals surface area contributed by atoms with Gasteiger partial charge in [0.05, 0.1) is 11.3 Å². The average Bonchev–Trinajstić information content (AvgIpc) is 2.40. The molecule has 8 heteroatoms. The van der Waals surface area contributed by atoms with E-state index in [-0.39, 0.29) is 35.1 Å². The highest BCUT2D eigenvalue weighted by atomic mass is 35.5. The van der Waals surface area contributed by atoms with Crippen LogP contribution in [0.3, 0.4) is 0 Å². The summed E-state index contributed by atoms with van der Waals surface area (Å²) in [5, 5.41) is 14.2. The molecule has 0 aliphatic heterocycles. The van der Waals surface area contributed by atoms with Gasteiger partial charge in [0.1, 0.15) is 0 Å². The molecule has 0 aromatic heterocycles. The first kappa shape index (κ1) is 16.8. The lowest BCUT2D eigenvalue weighted by Crippen LogP contribution is -2.33. The Kier molecular flexibility index (Phi) is 5.98. The number of carboxylic acid groups (broad SMARTS) is 1. The maximum atomic E-state index is 11.7. The van der Waals surface area contributed by atoms with Gasteiger partial charge in [-0.15, -0.1) is 0 Å². The molecule has 0 radical (unpaired) electrons. The predicted octanol–water partition coefficient (Wildman–Crippen LogP) is 1.64. The van der Waals surface area contributed by atoms with Gasteiger partial charge in [-0.2, -0.15) is 0 Å². The van der Waals surface area contributed by atoms with E-state index in [1.54, 1.807) is 14.1 Å². The highest BCUT2D eigenvalue weighted by Crippen LogP contribution is 2.20. The molecule has 0 saturated carbocycles. The van der Waals surface area contributed by atoms with Gasteiger partial charge in [-0.3, -0.25) is 4.79 Å². The number of nitrogens with one attached hydrogen (secondary N) is 2. The molecule has 0 fully saturated rings. The predicted molar refractivity (Wildman–Crippen MR) is 78.7 cm³/mol. The fourth-order valence-corrected chi connectivity index (χ4v) is 1.65. The Bertz CT molecular complexity index is 560. The first-order valence-corrected chi connectivity index (χ1v) is 6.47. The van der Waals surface area contributed by atoms with Crippen molar-refractivity contribution in [2.45, 2.75) is 6.42 Å². The van der Waals surface area contributed by atoms with Crippen molar-refractivity contribution in [1.29, 1.82) is 0 Å². The van der Waals surface area contributed by atoms with Gasteiger partial charge >= 0.3 is 12.0 Å². The lowest BCUT2D eigenvalue weighted by Gasteiger charge is -2.12. The van der Waals surface area contributed by atoms with Crippen LogP contribution in [0.5, 0.6) is 0 Å². The molecule has 114 valence electrons. The van der Waals surface area contributed by atoms with Crippen LogP contribution in [0.25, 0.3) is 0 Å². The van der Waals surface area contributed by atoms with Crippen molar-refractivity contribution in [3.8, 4) is 0 Å². The topological polar surface area (TPSA) is 98.7 Å². The molecule has 1 aromatic carbocycles. The van der Waals surface area contributed by atoms with Crippen LogP contribution in [0.1, 0.15) is 16.8 Å². The summed E-state index contributed by atoms with van der Waals surface area (Å²) in [6.07, 6.45) is 0.160. The lowest BCUT2D eigenvalue weighted by atomic mass is 10.2. The quantitative estimate of drug-likeness (QED) is 0.769. The van der Waals surface area contributed by atoms with E-state index < -0.39 is 12.0 Å². The van der Waals surface area contributed by atoms with Gasteiger partial charge in [-0.1, -0.05) is 11.6 Å². The number of carbonyl (C=O) groups is 3. The number of carbonyl (C=O) groups excluding carboxylic acids is 2. The molecule has 21 heavy (non-hydrogen) atoms. The normalized spacial score (nSPS) is 9.86. The third-order valence-electron chi connectivity index (χ3n) is 2.58. The second-order valence-corrected chi connectivity index (χ2v) is 4.85. The van der Waals surface area contributed by atoms with Gasteiger partial charge in [-0.05, 0) is 18.2 Å². The van der Waals surface area contributed by atoms with Gasteiger partial charge < -0.3 is 20.6 Å². The van der Waals surface area contributed by atoms with Crippen molar-refractivity contribution in [3.63, 3.8) is 0 Å². The largest absolute Gasteiger partial charge is 0.478 e. The summed E-state index contributed by atoms with van der Waals surface area (Å²) in [5.74, 6) is -1.32. The molecule has 0 spiro atoms. The molecule has 0 aliphatic rings. The molecule has 7 nitrogen and oxygen atoms in total. The summed E-state index contributed by atoms with van der Waals surface area (Å²) < 4.78 is 0. The number of amides is 3. The highest BCUT2D eigenvalue weighted by molar-refractivity contribution is 6.31. The molecule has 1 rings (SSSR count). The number of hydrogen-bond acceptors (Lipinski definition) is 3. The molecule has 0 unspecified atom stereocenters. The summed E-state index contributed by atoms with van der Waals surface area (Å²) >= 11 is 5.71.